The van der Waals surface area contributed by atoms with Gasteiger partial charge < -0.3 is 10.1 Å². The Hall–Kier alpha value is -1.88. The second-order valence-electron chi connectivity index (χ2n) is 3.66. The first-order valence-electron chi connectivity index (χ1n) is 5.07. The van der Waals surface area contributed by atoms with E-state index < -0.39 is 11.0 Å². The number of benzene rings is 1. The number of rotatable bonds is 3. The fraction of sp³-hybridized carbons (Fsp3) is 0.273. The Morgan fingerprint density at radius 3 is 2.94 bits per heavy atom. The Balaban J connectivity index is 2.60. The molecule has 1 aromatic carbocycles. The number of nitrogens with zero attached hydrogens (tertiary/aromatic N) is 1. The monoisotopic (exact) mass is 220 g/mol. The summed E-state index contributed by atoms with van der Waals surface area (Å²) in [4.78, 5) is 13.2. The van der Waals surface area contributed by atoms with Crippen LogP contribution in [-0.2, 0) is 0 Å². The number of nitrogens with one attached hydrogen (secondary N) is 1. The van der Waals surface area contributed by atoms with Gasteiger partial charge in [-0.1, -0.05) is 6.92 Å². The SMILES string of the molecule is CC[C@@H](O)c1c[nH]c2ccc([N+](=O)[O-])cc12. The predicted octanol–water partition coefficient (Wildman–Crippen LogP) is 2.52. The molecule has 1 atom stereocenters. The van der Waals surface area contributed by atoms with E-state index in [1.165, 1.54) is 12.1 Å². The number of non-ortho nitro benzene ring substituents is 1. The Kier molecular flexibility index (Phi) is 2.62. The van der Waals surface area contributed by atoms with Gasteiger partial charge in [0.05, 0.1) is 11.0 Å². The predicted molar refractivity (Wildman–Crippen MR) is 60.2 cm³/mol. The van der Waals surface area contributed by atoms with Gasteiger partial charge in [0.2, 0.25) is 0 Å². The van der Waals surface area contributed by atoms with Gasteiger partial charge in [-0.15, -0.1) is 0 Å². The third-order valence-corrected chi connectivity index (χ3v) is 2.65. The van der Waals surface area contributed by atoms with Gasteiger partial charge in [-0.05, 0) is 12.5 Å². The van der Waals surface area contributed by atoms with Crippen molar-refractivity contribution in [2.75, 3.05) is 0 Å². The number of H-pyrrole nitrogens is 1. The van der Waals surface area contributed by atoms with Gasteiger partial charge in [-0.3, -0.25) is 10.1 Å². The van der Waals surface area contributed by atoms with Crippen molar-refractivity contribution in [2.45, 2.75) is 19.4 Å². The summed E-state index contributed by atoms with van der Waals surface area (Å²) in [5, 5.41) is 21.1. The number of nitro groups is 1. The molecule has 84 valence electrons. The highest BCUT2D eigenvalue weighted by atomic mass is 16.6. The summed E-state index contributed by atoms with van der Waals surface area (Å²) in [6, 6.07) is 4.58. The highest BCUT2D eigenvalue weighted by Gasteiger charge is 2.14. The topological polar surface area (TPSA) is 79.2 Å². The molecule has 1 heterocycles. The second kappa shape index (κ2) is 3.94. The molecule has 5 heteroatoms. The Morgan fingerprint density at radius 2 is 2.31 bits per heavy atom. The van der Waals surface area contributed by atoms with E-state index in [0.717, 1.165) is 5.52 Å². The molecule has 2 N–H and O–H groups in total. The number of aliphatic hydroxyl groups excluding tert-OH is 1. The molecule has 16 heavy (non-hydrogen) atoms. The van der Waals surface area contributed by atoms with E-state index in [1.54, 1.807) is 12.3 Å². The van der Waals surface area contributed by atoms with Gasteiger partial charge in [-0.25, -0.2) is 0 Å². The summed E-state index contributed by atoms with van der Waals surface area (Å²) in [6.07, 6.45) is 1.69. The first-order valence-corrected chi connectivity index (χ1v) is 5.07. The maximum atomic E-state index is 10.7. The average Bonchev–Trinajstić information content (AvgIpc) is 2.70. The van der Waals surface area contributed by atoms with E-state index in [1.807, 2.05) is 6.92 Å². The molecule has 0 fully saturated rings. The van der Waals surface area contributed by atoms with Crippen molar-refractivity contribution in [3.63, 3.8) is 0 Å². The zero-order valence-electron chi connectivity index (χ0n) is 8.80. The third kappa shape index (κ3) is 1.65. The third-order valence-electron chi connectivity index (χ3n) is 2.65. The Morgan fingerprint density at radius 1 is 1.56 bits per heavy atom. The van der Waals surface area contributed by atoms with Crippen molar-refractivity contribution in [2.24, 2.45) is 0 Å². The lowest BCUT2D eigenvalue weighted by Crippen LogP contribution is -1.93. The summed E-state index contributed by atoms with van der Waals surface area (Å²) in [7, 11) is 0. The molecule has 0 amide bonds. The molecule has 0 spiro atoms. The standard InChI is InChI=1S/C11H12N2O3/c1-2-11(14)9-6-12-10-4-3-7(13(15)16)5-8(9)10/h3-6,11-12,14H,2H2,1H3/t11-/m1/s1. The van der Waals surface area contributed by atoms with Gasteiger partial charge in [0.1, 0.15) is 0 Å². The number of nitro benzene ring substituents is 1. The van der Waals surface area contributed by atoms with Gasteiger partial charge in [0.25, 0.3) is 5.69 Å². The first-order chi connectivity index (χ1) is 7.63. The quantitative estimate of drug-likeness (QED) is 0.616. The lowest BCUT2D eigenvalue weighted by molar-refractivity contribution is -0.384. The smallest absolute Gasteiger partial charge is 0.270 e. The zero-order valence-corrected chi connectivity index (χ0v) is 8.80. The largest absolute Gasteiger partial charge is 0.388 e. The van der Waals surface area contributed by atoms with E-state index >= 15 is 0 Å². The van der Waals surface area contributed by atoms with E-state index in [9.17, 15) is 15.2 Å². The molecule has 0 aliphatic carbocycles. The van der Waals surface area contributed by atoms with Crippen LogP contribution in [0.15, 0.2) is 24.4 Å². The van der Waals surface area contributed by atoms with Gasteiger partial charge >= 0.3 is 0 Å². The molecule has 0 radical (unpaired) electrons. The first kappa shape index (κ1) is 10.6. The van der Waals surface area contributed by atoms with Crippen LogP contribution in [0.1, 0.15) is 25.0 Å². The maximum absolute atomic E-state index is 10.7. The summed E-state index contributed by atoms with van der Waals surface area (Å²) in [6.45, 7) is 1.86. The molecule has 0 aliphatic heterocycles. The van der Waals surface area contributed by atoms with Gasteiger partial charge in [0, 0.05) is 34.8 Å². The molecular formula is C11H12N2O3. The van der Waals surface area contributed by atoms with E-state index in [0.29, 0.717) is 17.4 Å². The number of aromatic amines is 1. The van der Waals surface area contributed by atoms with Gasteiger partial charge in [0.15, 0.2) is 0 Å². The van der Waals surface area contributed by atoms with Crippen molar-refractivity contribution in [3.8, 4) is 0 Å². The maximum Gasteiger partial charge on any atom is 0.270 e. The minimum absolute atomic E-state index is 0.0386. The average molecular weight is 220 g/mol. The lowest BCUT2D eigenvalue weighted by atomic mass is 10.1. The highest BCUT2D eigenvalue weighted by molar-refractivity contribution is 5.85. The van der Waals surface area contributed by atoms with Crippen LogP contribution in [0.3, 0.4) is 0 Å². The molecule has 1 aromatic heterocycles. The number of hydrogen-bond acceptors (Lipinski definition) is 3. The van der Waals surface area contributed by atoms with Crippen molar-refractivity contribution in [1.29, 1.82) is 0 Å². The van der Waals surface area contributed by atoms with Crippen LogP contribution >= 0.6 is 0 Å². The molecule has 0 unspecified atom stereocenters. The van der Waals surface area contributed by atoms with Crippen LogP contribution in [0.4, 0.5) is 5.69 Å². The molecule has 0 saturated heterocycles. The zero-order chi connectivity index (χ0) is 11.7. The summed E-state index contributed by atoms with van der Waals surface area (Å²) < 4.78 is 0. The van der Waals surface area contributed by atoms with Crippen molar-refractivity contribution >= 4 is 16.6 Å². The lowest BCUT2D eigenvalue weighted by Gasteiger charge is -2.05. The summed E-state index contributed by atoms with van der Waals surface area (Å²) >= 11 is 0. The molecule has 2 aromatic rings. The molecule has 0 aliphatic rings. The van der Waals surface area contributed by atoms with Crippen LogP contribution in [0, 0.1) is 10.1 Å². The Labute approximate surface area is 91.9 Å². The minimum atomic E-state index is -0.587. The minimum Gasteiger partial charge on any atom is -0.388 e. The van der Waals surface area contributed by atoms with Crippen molar-refractivity contribution < 1.29 is 10.0 Å². The van der Waals surface area contributed by atoms with Crippen LogP contribution in [-0.4, -0.2) is 15.0 Å². The normalized spacial score (nSPS) is 12.9. The molecule has 0 bridgehead atoms. The molecule has 0 saturated carbocycles. The van der Waals surface area contributed by atoms with Gasteiger partial charge in [-0.2, -0.15) is 0 Å². The van der Waals surface area contributed by atoms with Crippen LogP contribution in [0.2, 0.25) is 0 Å². The highest BCUT2D eigenvalue weighted by Crippen LogP contribution is 2.28. The molecule has 2 rings (SSSR count). The Bertz CT molecular complexity index is 533. The van der Waals surface area contributed by atoms with Crippen LogP contribution < -0.4 is 0 Å². The van der Waals surface area contributed by atoms with E-state index in [2.05, 4.69) is 4.98 Å². The number of aromatic nitrogens is 1. The number of aliphatic hydroxyl groups is 1. The van der Waals surface area contributed by atoms with E-state index in [-0.39, 0.29) is 5.69 Å². The molecule has 5 nitrogen and oxygen atoms in total. The van der Waals surface area contributed by atoms with Crippen molar-refractivity contribution in [3.05, 3.63) is 40.1 Å². The van der Waals surface area contributed by atoms with Crippen LogP contribution in [0.5, 0.6) is 0 Å². The van der Waals surface area contributed by atoms with Crippen LogP contribution in [0.25, 0.3) is 10.9 Å². The number of hydrogen-bond donors (Lipinski definition) is 2. The second-order valence-corrected chi connectivity index (χ2v) is 3.66. The summed E-state index contributed by atoms with van der Waals surface area (Å²) in [5.41, 5.74) is 1.55. The fourth-order valence-corrected chi connectivity index (χ4v) is 1.74. The van der Waals surface area contributed by atoms with Crippen molar-refractivity contribution in [1.82, 2.24) is 4.98 Å². The fourth-order valence-electron chi connectivity index (χ4n) is 1.74. The summed E-state index contributed by atoms with van der Waals surface area (Å²) in [5.74, 6) is 0. The molecular weight excluding hydrogens is 208 g/mol. The van der Waals surface area contributed by atoms with E-state index in [4.69, 9.17) is 0 Å². The number of fused-ring (bicyclic) bond motifs is 1.